The van der Waals surface area contributed by atoms with E-state index in [0.717, 1.165) is 33.8 Å². The van der Waals surface area contributed by atoms with Crippen LogP contribution in [0.25, 0.3) is 16.0 Å². The number of nitrogens with zero attached hydrogens (tertiary/aromatic N) is 3. The summed E-state index contributed by atoms with van der Waals surface area (Å²) in [5.74, 6) is -1.59. The van der Waals surface area contributed by atoms with Gasteiger partial charge in [-0.2, -0.15) is 13.2 Å². The van der Waals surface area contributed by atoms with E-state index >= 15 is 0 Å². The lowest BCUT2D eigenvalue weighted by Gasteiger charge is -2.44. The summed E-state index contributed by atoms with van der Waals surface area (Å²) >= 11 is 1.31. The van der Waals surface area contributed by atoms with Crippen molar-refractivity contribution in [2.24, 2.45) is 11.3 Å². The molecule has 3 aromatic rings. The van der Waals surface area contributed by atoms with E-state index in [2.05, 4.69) is 20.3 Å². The number of carboxylic acid groups (broad SMARTS) is 1. The van der Waals surface area contributed by atoms with E-state index in [-0.39, 0.29) is 18.8 Å². The number of halogens is 3. The Morgan fingerprint density at radius 1 is 1.24 bits per heavy atom. The molecule has 1 aliphatic rings. The molecule has 0 saturated heterocycles. The fraction of sp³-hybridized carbons (Fsp3) is 0.407. The molecule has 0 radical (unpaired) electrons. The van der Waals surface area contributed by atoms with Gasteiger partial charge in [0.15, 0.2) is 0 Å². The zero-order valence-electron chi connectivity index (χ0n) is 21.4. The first-order chi connectivity index (χ1) is 17.7. The predicted octanol–water partition coefficient (Wildman–Crippen LogP) is 6.88. The number of hydrogen-bond donors (Lipinski definition) is 3. The molecule has 0 unspecified atom stereocenters. The second kappa shape index (κ2) is 10.1. The largest absolute Gasteiger partial charge is 0.481 e. The number of allylic oxidation sites excluding steroid dienone is 2. The molecule has 1 fully saturated rings. The first kappa shape index (κ1) is 27.7. The van der Waals surface area contributed by atoms with Gasteiger partial charge >= 0.3 is 12.1 Å². The number of nitrogens with one attached hydrogen (secondary N) is 1. The lowest BCUT2D eigenvalue weighted by atomic mass is 9.63. The van der Waals surface area contributed by atoms with Crippen LogP contribution in [0, 0.1) is 11.3 Å². The molecule has 0 bridgehead atoms. The number of alkyl halides is 3. The summed E-state index contributed by atoms with van der Waals surface area (Å²) in [6, 6.07) is 6.32. The highest BCUT2D eigenvalue weighted by molar-refractivity contribution is 7.15. The van der Waals surface area contributed by atoms with E-state index < -0.39 is 34.8 Å². The molecular weight excluding hydrogens is 517 g/mol. The molecule has 7 nitrogen and oxygen atoms in total. The Labute approximate surface area is 222 Å². The van der Waals surface area contributed by atoms with E-state index in [4.69, 9.17) is 0 Å². The number of aliphatic carboxylic acids is 1. The fourth-order valence-electron chi connectivity index (χ4n) is 4.94. The Balaban J connectivity index is 1.68. The minimum absolute atomic E-state index is 0.183. The van der Waals surface area contributed by atoms with Crippen molar-refractivity contribution >= 4 is 34.5 Å². The Bertz CT molecular complexity index is 1390. The van der Waals surface area contributed by atoms with Crippen LogP contribution in [0.3, 0.4) is 0 Å². The van der Waals surface area contributed by atoms with E-state index in [0.29, 0.717) is 17.1 Å². The standard InChI is InChI=1S/C27H29F3N4O3S/c1-5-15(2)16-10-17(12-18(11-16)33-24-31-9-7-21(34-24)27(28,29)30)20-13-32-23(38-20)26(37)8-6-19(22(35)36)25(3,4)14-26/h5,7,9-13,19,37H,6,8,14H2,1-4H3,(H,35,36)(H,31,33,34)/b15-5-/t19-,26-/m0/s1. The topological polar surface area (TPSA) is 108 Å². The van der Waals surface area contributed by atoms with Gasteiger partial charge in [-0.05, 0) is 79.5 Å². The monoisotopic (exact) mass is 546 g/mol. The highest BCUT2D eigenvalue weighted by atomic mass is 32.1. The molecular formula is C27H29F3N4O3S. The van der Waals surface area contributed by atoms with Crippen molar-refractivity contribution in [3.05, 3.63) is 59.0 Å². The summed E-state index contributed by atoms with van der Waals surface area (Å²) in [4.78, 5) is 24.5. The van der Waals surface area contributed by atoms with Crippen LogP contribution in [0.5, 0.6) is 0 Å². The molecule has 0 amide bonds. The zero-order valence-corrected chi connectivity index (χ0v) is 22.2. The van der Waals surface area contributed by atoms with Gasteiger partial charge in [0, 0.05) is 18.1 Å². The van der Waals surface area contributed by atoms with Crippen LogP contribution in [0.1, 0.15) is 63.2 Å². The first-order valence-electron chi connectivity index (χ1n) is 12.1. The van der Waals surface area contributed by atoms with Crippen LogP contribution in [0.2, 0.25) is 0 Å². The van der Waals surface area contributed by atoms with Gasteiger partial charge < -0.3 is 15.5 Å². The predicted molar refractivity (Wildman–Crippen MR) is 140 cm³/mol. The second-order valence-electron chi connectivity index (χ2n) is 10.3. The van der Waals surface area contributed by atoms with Crippen LogP contribution in [-0.2, 0) is 16.6 Å². The average molecular weight is 547 g/mol. The summed E-state index contributed by atoms with van der Waals surface area (Å²) in [7, 11) is 0. The number of anilines is 2. The smallest absolute Gasteiger partial charge is 0.433 e. The Hall–Kier alpha value is -3.31. The molecule has 0 spiro atoms. The van der Waals surface area contributed by atoms with E-state index in [9.17, 15) is 28.2 Å². The van der Waals surface area contributed by atoms with Crippen molar-refractivity contribution in [2.75, 3.05) is 5.32 Å². The Kier molecular flexibility index (Phi) is 7.37. The molecule has 1 aromatic carbocycles. The molecule has 11 heteroatoms. The van der Waals surface area contributed by atoms with Crippen LogP contribution in [0.4, 0.5) is 24.8 Å². The van der Waals surface area contributed by atoms with Crippen molar-refractivity contribution in [2.45, 2.75) is 58.7 Å². The highest BCUT2D eigenvalue weighted by Crippen LogP contribution is 2.51. The van der Waals surface area contributed by atoms with Crippen LogP contribution in [-0.4, -0.2) is 31.1 Å². The second-order valence-corrected chi connectivity index (χ2v) is 11.3. The third-order valence-corrected chi connectivity index (χ3v) is 8.29. The minimum atomic E-state index is -4.59. The van der Waals surface area contributed by atoms with Crippen molar-refractivity contribution in [3.63, 3.8) is 0 Å². The third-order valence-electron chi connectivity index (χ3n) is 7.05. The lowest BCUT2D eigenvalue weighted by Crippen LogP contribution is -2.44. The van der Waals surface area contributed by atoms with Gasteiger partial charge in [0.2, 0.25) is 5.95 Å². The quantitative estimate of drug-likeness (QED) is 0.309. The summed E-state index contributed by atoms with van der Waals surface area (Å²) in [6.07, 6.45) is 0.937. The third kappa shape index (κ3) is 5.73. The van der Waals surface area contributed by atoms with E-state index in [1.165, 1.54) is 11.3 Å². The SMILES string of the molecule is C/C=C(/C)c1cc(Nc2nccc(C(F)(F)F)n2)cc(-c2cnc([C@]3(O)CC[C@@H](C(=O)O)C(C)(C)C3)s2)c1. The normalized spacial score (nSPS) is 21.8. The maximum atomic E-state index is 13.1. The molecule has 0 aliphatic heterocycles. The van der Waals surface area contributed by atoms with E-state index in [1.807, 2.05) is 39.8 Å². The summed E-state index contributed by atoms with van der Waals surface area (Å²) in [5.41, 5.74) is 0.140. The van der Waals surface area contributed by atoms with Crippen molar-refractivity contribution in [1.29, 1.82) is 0 Å². The van der Waals surface area contributed by atoms with Gasteiger partial charge in [0.1, 0.15) is 16.3 Å². The number of carboxylic acids is 1. The average Bonchev–Trinajstić information content (AvgIpc) is 3.33. The molecule has 1 aliphatic carbocycles. The van der Waals surface area contributed by atoms with Gasteiger partial charge in [-0.3, -0.25) is 4.79 Å². The first-order valence-corrected chi connectivity index (χ1v) is 12.9. The molecule has 1 saturated carbocycles. The number of benzene rings is 1. The molecule has 2 aromatic heterocycles. The lowest BCUT2D eigenvalue weighted by molar-refractivity contribution is -0.154. The minimum Gasteiger partial charge on any atom is -0.481 e. The highest BCUT2D eigenvalue weighted by Gasteiger charge is 2.49. The Morgan fingerprint density at radius 2 is 1.97 bits per heavy atom. The van der Waals surface area contributed by atoms with Gasteiger partial charge in [-0.1, -0.05) is 19.9 Å². The zero-order chi connectivity index (χ0) is 27.9. The van der Waals surface area contributed by atoms with Gasteiger partial charge in [-0.15, -0.1) is 11.3 Å². The molecule has 2 atom stereocenters. The van der Waals surface area contributed by atoms with Gasteiger partial charge in [0.05, 0.1) is 10.8 Å². The molecule has 2 heterocycles. The number of carbonyl (C=O) groups is 1. The summed E-state index contributed by atoms with van der Waals surface area (Å²) in [5, 5.41) is 24.4. The number of aromatic nitrogens is 3. The van der Waals surface area contributed by atoms with Crippen molar-refractivity contribution in [1.82, 2.24) is 15.0 Å². The molecule has 202 valence electrons. The summed E-state index contributed by atoms with van der Waals surface area (Å²) in [6.45, 7) is 7.51. The molecule has 3 N–H and O–H groups in total. The number of thiazole rings is 1. The fourth-order valence-corrected chi connectivity index (χ4v) is 5.96. The maximum absolute atomic E-state index is 13.1. The number of aliphatic hydroxyl groups is 1. The van der Waals surface area contributed by atoms with Crippen LogP contribution in [0.15, 0.2) is 42.7 Å². The van der Waals surface area contributed by atoms with Gasteiger partial charge in [0.25, 0.3) is 0 Å². The van der Waals surface area contributed by atoms with Crippen molar-refractivity contribution in [3.8, 4) is 10.4 Å². The van der Waals surface area contributed by atoms with Gasteiger partial charge in [-0.25, -0.2) is 15.0 Å². The number of rotatable bonds is 6. The molecule has 4 rings (SSSR count). The van der Waals surface area contributed by atoms with E-state index in [1.54, 1.807) is 18.3 Å². The Morgan fingerprint density at radius 3 is 2.61 bits per heavy atom. The number of hydrogen-bond acceptors (Lipinski definition) is 7. The summed E-state index contributed by atoms with van der Waals surface area (Å²) < 4.78 is 39.4. The molecule has 38 heavy (non-hydrogen) atoms. The van der Waals surface area contributed by atoms with Crippen LogP contribution < -0.4 is 5.32 Å². The maximum Gasteiger partial charge on any atom is 0.433 e. The van der Waals surface area contributed by atoms with Crippen molar-refractivity contribution < 1.29 is 28.2 Å². The van der Waals surface area contributed by atoms with Crippen LogP contribution >= 0.6 is 11.3 Å².